The molecule has 1 heterocycles. The molecule has 0 saturated heterocycles. The lowest BCUT2D eigenvalue weighted by Crippen LogP contribution is -2.12. The van der Waals surface area contributed by atoms with Gasteiger partial charge < -0.3 is 5.32 Å². The van der Waals surface area contributed by atoms with Gasteiger partial charge in [-0.3, -0.25) is 9.59 Å². The van der Waals surface area contributed by atoms with E-state index in [2.05, 4.69) is 10.3 Å². The fraction of sp³-hybridized carbons (Fsp3) is 0.0556. The summed E-state index contributed by atoms with van der Waals surface area (Å²) in [6, 6.07) is 16.5. The predicted octanol–water partition coefficient (Wildman–Crippen LogP) is 4.27. The number of hydrogen-bond acceptors (Lipinski definition) is 4. The molecule has 0 aliphatic rings. The summed E-state index contributed by atoms with van der Waals surface area (Å²) in [5.41, 5.74) is 2.61. The monoisotopic (exact) mass is 322 g/mol. The van der Waals surface area contributed by atoms with E-state index >= 15 is 0 Å². The molecule has 0 saturated carbocycles. The number of ketones is 1. The molecule has 0 unspecified atom stereocenters. The molecule has 0 bridgehead atoms. The minimum atomic E-state index is -0.265. The van der Waals surface area contributed by atoms with Gasteiger partial charge in [0.2, 0.25) is 0 Å². The Kier molecular flexibility index (Phi) is 4.30. The minimum absolute atomic E-state index is 0.00474. The molecule has 0 atom stereocenters. The van der Waals surface area contributed by atoms with Gasteiger partial charge in [0.1, 0.15) is 10.7 Å². The summed E-state index contributed by atoms with van der Waals surface area (Å²) in [7, 11) is 0. The molecule has 2 aromatic carbocycles. The van der Waals surface area contributed by atoms with Crippen LogP contribution < -0.4 is 5.32 Å². The molecule has 5 heteroatoms. The van der Waals surface area contributed by atoms with E-state index < -0.39 is 0 Å². The van der Waals surface area contributed by atoms with Crippen LogP contribution in [0.3, 0.4) is 0 Å². The van der Waals surface area contributed by atoms with Crippen LogP contribution in [0.2, 0.25) is 0 Å². The van der Waals surface area contributed by atoms with E-state index in [0.29, 0.717) is 16.9 Å². The molecule has 1 amide bonds. The first kappa shape index (κ1) is 15.1. The number of Topliss-reactive ketones (excluding diaryl/α,β-unsaturated/α-hetero) is 1. The number of nitrogens with one attached hydrogen (secondary N) is 1. The van der Waals surface area contributed by atoms with Crippen molar-refractivity contribution < 1.29 is 9.59 Å². The van der Waals surface area contributed by atoms with Gasteiger partial charge in [-0.15, -0.1) is 11.3 Å². The lowest BCUT2D eigenvalue weighted by molar-refractivity contribution is 0.101. The van der Waals surface area contributed by atoms with Crippen molar-refractivity contribution in [1.82, 2.24) is 4.98 Å². The Bertz CT molecular complexity index is 839. The Hall–Kier alpha value is -2.79. The third kappa shape index (κ3) is 3.52. The topological polar surface area (TPSA) is 59.1 Å². The highest BCUT2D eigenvalue weighted by Gasteiger charge is 2.12. The normalized spacial score (nSPS) is 10.3. The van der Waals surface area contributed by atoms with Crippen LogP contribution in [0.1, 0.15) is 27.8 Å². The number of thiazole rings is 1. The Balaban J connectivity index is 1.74. The van der Waals surface area contributed by atoms with Gasteiger partial charge in [0.25, 0.3) is 5.91 Å². The largest absolute Gasteiger partial charge is 0.321 e. The molecule has 0 radical (unpaired) electrons. The van der Waals surface area contributed by atoms with Crippen molar-refractivity contribution in [3.8, 4) is 10.6 Å². The zero-order valence-corrected chi connectivity index (χ0v) is 13.3. The van der Waals surface area contributed by atoms with Gasteiger partial charge in [-0.1, -0.05) is 30.3 Å². The Morgan fingerprint density at radius 3 is 2.35 bits per heavy atom. The van der Waals surface area contributed by atoms with Crippen molar-refractivity contribution in [3.63, 3.8) is 0 Å². The van der Waals surface area contributed by atoms with E-state index in [9.17, 15) is 9.59 Å². The van der Waals surface area contributed by atoms with E-state index in [1.807, 2.05) is 30.3 Å². The van der Waals surface area contributed by atoms with Crippen molar-refractivity contribution >= 4 is 28.7 Å². The van der Waals surface area contributed by atoms with E-state index in [1.165, 1.54) is 18.3 Å². The molecule has 3 aromatic rings. The third-order valence-corrected chi connectivity index (χ3v) is 4.20. The summed E-state index contributed by atoms with van der Waals surface area (Å²) < 4.78 is 0. The average molecular weight is 322 g/mol. The Labute approximate surface area is 137 Å². The SMILES string of the molecule is CC(=O)c1ccc(NC(=O)c2csc(-c3ccccc3)n2)cc1. The van der Waals surface area contributed by atoms with Crippen LogP contribution >= 0.6 is 11.3 Å². The number of aromatic nitrogens is 1. The van der Waals surface area contributed by atoms with E-state index in [0.717, 1.165) is 10.6 Å². The smallest absolute Gasteiger partial charge is 0.275 e. The number of amides is 1. The Morgan fingerprint density at radius 2 is 1.70 bits per heavy atom. The van der Waals surface area contributed by atoms with Crippen LogP contribution in [0, 0.1) is 0 Å². The second kappa shape index (κ2) is 6.54. The van der Waals surface area contributed by atoms with Crippen molar-refractivity contribution in [2.75, 3.05) is 5.32 Å². The molecule has 114 valence electrons. The van der Waals surface area contributed by atoms with E-state index in [1.54, 1.807) is 29.6 Å². The molecule has 1 N–H and O–H groups in total. The van der Waals surface area contributed by atoms with Gasteiger partial charge in [-0.2, -0.15) is 0 Å². The molecule has 23 heavy (non-hydrogen) atoms. The summed E-state index contributed by atoms with van der Waals surface area (Å²) >= 11 is 1.43. The summed E-state index contributed by atoms with van der Waals surface area (Å²) in [5.74, 6) is -0.270. The summed E-state index contributed by atoms with van der Waals surface area (Å²) in [5, 5.41) is 5.33. The van der Waals surface area contributed by atoms with Crippen LogP contribution in [-0.4, -0.2) is 16.7 Å². The zero-order chi connectivity index (χ0) is 16.2. The van der Waals surface area contributed by atoms with Crippen LogP contribution in [0.15, 0.2) is 60.0 Å². The second-order valence-corrected chi connectivity index (χ2v) is 5.85. The number of rotatable bonds is 4. The van der Waals surface area contributed by atoms with E-state index in [-0.39, 0.29) is 11.7 Å². The van der Waals surface area contributed by atoms with Crippen LogP contribution in [0.5, 0.6) is 0 Å². The van der Waals surface area contributed by atoms with Gasteiger partial charge in [-0.25, -0.2) is 4.98 Å². The van der Waals surface area contributed by atoms with Gasteiger partial charge in [0.05, 0.1) is 0 Å². The number of anilines is 1. The molecule has 1 aromatic heterocycles. The zero-order valence-electron chi connectivity index (χ0n) is 12.4. The minimum Gasteiger partial charge on any atom is -0.321 e. The Morgan fingerprint density at radius 1 is 1.00 bits per heavy atom. The first-order valence-electron chi connectivity index (χ1n) is 7.07. The van der Waals surface area contributed by atoms with Crippen LogP contribution in [0.25, 0.3) is 10.6 Å². The molecule has 0 aliphatic heterocycles. The molecular weight excluding hydrogens is 308 g/mol. The van der Waals surface area contributed by atoms with Crippen LogP contribution in [0.4, 0.5) is 5.69 Å². The summed E-state index contributed by atoms with van der Waals surface area (Å²) in [4.78, 5) is 27.9. The van der Waals surface area contributed by atoms with Crippen molar-refractivity contribution in [2.45, 2.75) is 6.92 Å². The van der Waals surface area contributed by atoms with E-state index in [4.69, 9.17) is 0 Å². The highest BCUT2D eigenvalue weighted by atomic mass is 32.1. The first-order chi connectivity index (χ1) is 11.1. The lowest BCUT2D eigenvalue weighted by Gasteiger charge is -2.03. The maximum atomic E-state index is 12.2. The summed E-state index contributed by atoms with van der Waals surface area (Å²) in [6.45, 7) is 1.51. The van der Waals surface area contributed by atoms with Gasteiger partial charge >= 0.3 is 0 Å². The maximum Gasteiger partial charge on any atom is 0.275 e. The number of nitrogens with zero attached hydrogens (tertiary/aromatic N) is 1. The molecular formula is C18H14N2O2S. The van der Waals surface area contributed by atoms with Gasteiger partial charge in [-0.05, 0) is 31.2 Å². The van der Waals surface area contributed by atoms with Crippen molar-refractivity contribution in [2.24, 2.45) is 0 Å². The van der Waals surface area contributed by atoms with Gasteiger partial charge in [0, 0.05) is 22.2 Å². The molecule has 0 aliphatic carbocycles. The molecule has 0 spiro atoms. The highest BCUT2D eigenvalue weighted by Crippen LogP contribution is 2.23. The highest BCUT2D eigenvalue weighted by molar-refractivity contribution is 7.13. The summed E-state index contributed by atoms with van der Waals surface area (Å²) in [6.07, 6.45) is 0. The second-order valence-electron chi connectivity index (χ2n) is 4.99. The first-order valence-corrected chi connectivity index (χ1v) is 7.95. The maximum absolute atomic E-state index is 12.2. The lowest BCUT2D eigenvalue weighted by atomic mass is 10.1. The number of carbonyl (C=O) groups is 2. The number of hydrogen-bond donors (Lipinski definition) is 1. The number of carbonyl (C=O) groups excluding carboxylic acids is 2. The quantitative estimate of drug-likeness (QED) is 0.730. The molecule has 3 rings (SSSR count). The third-order valence-electron chi connectivity index (χ3n) is 3.31. The molecule has 0 fully saturated rings. The van der Waals surface area contributed by atoms with Crippen molar-refractivity contribution in [1.29, 1.82) is 0 Å². The standard InChI is InChI=1S/C18H14N2O2S/c1-12(21)13-7-9-15(10-8-13)19-17(22)16-11-23-18(20-16)14-5-3-2-4-6-14/h2-11H,1H3,(H,19,22). The molecule has 4 nitrogen and oxygen atoms in total. The van der Waals surface area contributed by atoms with Gasteiger partial charge in [0.15, 0.2) is 5.78 Å². The fourth-order valence-corrected chi connectivity index (χ4v) is 2.88. The average Bonchev–Trinajstić information content (AvgIpc) is 3.06. The fourth-order valence-electron chi connectivity index (χ4n) is 2.07. The van der Waals surface area contributed by atoms with Crippen molar-refractivity contribution in [3.05, 3.63) is 71.2 Å². The number of benzene rings is 2. The predicted molar refractivity (Wildman–Crippen MR) is 91.9 cm³/mol. The van der Waals surface area contributed by atoms with Crippen LogP contribution in [-0.2, 0) is 0 Å².